The lowest BCUT2D eigenvalue weighted by Crippen LogP contribution is -2.45. The normalized spacial score (nSPS) is 20.8. The summed E-state index contributed by atoms with van der Waals surface area (Å²) in [5.74, 6) is 0. The van der Waals surface area contributed by atoms with Crippen LogP contribution in [-0.2, 0) is 4.74 Å². The highest BCUT2D eigenvalue weighted by atomic mass is 16.5. The van der Waals surface area contributed by atoms with Gasteiger partial charge in [0.25, 0.3) is 0 Å². The predicted octanol–water partition coefficient (Wildman–Crippen LogP) is 1.49. The Morgan fingerprint density at radius 1 is 1.33 bits per heavy atom. The van der Waals surface area contributed by atoms with Crippen molar-refractivity contribution in [3.05, 3.63) is 0 Å². The zero-order chi connectivity index (χ0) is 11.1. The van der Waals surface area contributed by atoms with Gasteiger partial charge in [-0.2, -0.15) is 0 Å². The molecular formula is C12H26N2O. The van der Waals surface area contributed by atoms with Gasteiger partial charge in [0, 0.05) is 25.7 Å². The predicted molar refractivity (Wildman–Crippen MR) is 64.2 cm³/mol. The third-order valence-corrected chi connectivity index (χ3v) is 3.48. The van der Waals surface area contributed by atoms with E-state index < -0.39 is 0 Å². The second-order valence-corrected chi connectivity index (χ2v) is 4.67. The fraction of sp³-hybridized carbons (Fsp3) is 1.00. The van der Waals surface area contributed by atoms with Gasteiger partial charge in [0.2, 0.25) is 0 Å². The monoisotopic (exact) mass is 214 g/mol. The molecule has 1 saturated carbocycles. The van der Waals surface area contributed by atoms with Gasteiger partial charge >= 0.3 is 0 Å². The first-order chi connectivity index (χ1) is 7.27. The molecule has 0 saturated heterocycles. The van der Waals surface area contributed by atoms with E-state index in [-0.39, 0.29) is 0 Å². The summed E-state index contributed by atoms with van der Waals surface area (Å²) in [5, 5.41) is 3.31. The molecule has 3 heteroatoms. The van der Waals surface area contributed by atoms with Crippen LogP contribution in [0.2, 0.25) is 0 Å². The second-order valence-electron chi connectivity index (χ2n) is 4.67. The molecule has 0 aliphatic heterocycles. The summed E-state index contributed by atoms with van der Waals surface area (Å²) in [5.41, 5.74) is 0. The zero-order valence-corrected chi connectivity index (χ0v) is 10.5. The maximum Gasteiger partial charge on any atom is 0.0628 e. The van der Waals surface area contributed by atoms with E-state index in [1.54, 1.807) is 7.11 Å². The zero-order valence-electron chi connectivity index (χ0n) is 10.5. The van der Waals surface area contributed by atoms with Crippen LogP contribution in [0.4, 0.5) is 0 Å². The molecule has 1 unspecified atom stereocenters. The lowest BCUT2D eigenvalue weighted by Gasteiger charge is -2.33. The Morgan fingerprint density at radius 2 is 2.00 bits per heavy atom. The summed E-state index contributed by atoms with van der Waals surface area (Å²) in [6.45, 7) is 1.89. The molecule has 0 radical (unpaired) electrons. The molecular weight excluding hydrogens is 188 g/mol. The van der Waals surface area contributed by atoms with E-state index in [1.165, 1.54) is 32.1 Å². The van der Waals surface area contributed by atoms with Crippen molar-refractivity contribution in [2.45, 2.75) is 44.2 Å². The highest BCUT2D eigenvalue weighted by molar-refractivity contribution is 4.77. The third kappa shape index (κ3) is 4.49. The Labute approximate surface area is 94.2 Å². The Hall–Kier alpha value is -0.120. The van der Waals surface area contributed by atoms with E-state index >= 15 is 0 Å². The molecule has 0 heterocycles. The molecule has 0 aromatic rings. The summed E-state index contributed by atoms with van der Waals surface area (Å²) >= 11 is 0. The number of methoxy groups -OCH3 is 1. The van der Waals surface area contributed by atoms with Crippen molar-refractivity contribution in [1.29, 1.82) is 0 Å². The van der Waals surface area contributed by atoms with Gasteiger partial charge in [-0.3, -0.25) is 0 Å². The highest BCUT2D eigenvalue weighted by Crippen LogP contribution is 2.21. The van der Waals surface area contributed by atoms with Crippen LogP contribution in [0.1, 0.15) is 32.1 Å². The summed E-state index contributed by atoms with van der Waals surface area (Å²) in [6.07, 6.45) is 6.99. The Bertz CT molecular complexity index is 158. The van der Waals surface area contributed by atoms with Crippen LogP contribution >= 0.6 is 0 Å². The average Bonchev–Trinajstić information content (AvgIpc) is 2.29. The Morgan fingerprint density at radius 3 is 2.53 bits per heavy atom. The van der Waals surface area contributed by atoms with Crippen LogP contribution < -0.4 is 5.32 Å². The molecule has 0 aromatic carbocycles. The summed E-state index contributed by atoms with van der Waals surface area (Å²) in [6, 6.07) is 1.26. The molecule has 1 rings (SSSR count). The Kier molecular flexibility index (Phi) is 6.22. The van der Waals surface area contributed by atoms with Gasteiger partial charge < -0.3 is 15.0 Å². The van der Waals surface area contributed by atoms with Crippen molar-refractivity contribution in [3.63, 3.8) is 0 Å². The van der Waals surface area contributed by atoms with Crippen molar-refractivity contribution in [2.24, 2.45) is 0 Å². The van der Waals surface area contributed by atoms with E-state index in [2.05, 4.69) is 17.3 Å². The molecule has 0 bridgehead atoms. The minimum atomic E-state index is 0.460. The van der Waals surface area contributed by atoms with Gasteiger partial charge in [0.15, 0.2) is 0 Å². The van der Waals surface area contributed by atoms with E-state index in [1.807, 2.05) is 7.05 Å². The van der Waals surface area contributed by atoms with Crippen LogP contribution in [0.3, 0.4) is 0 Å². The van der Waals surface area contributed by atoms with Gasteiger partial charge in [-0.15, -0.1) is 0 Å². The number of likely N-dealkylation sites (N-methyl/N-ethyl adjacent to an activating group) is 2. The molecule has 1 atom stereocenters. The largest absolute Gasteiger partial charge is 0.383 e. The Balaban J connectivity index is 2.28. The fourth-order valence-corrected chi connectivity index (χ4v) is 2.45. The van der Waals surface area contributed by atoms with Crippen molar-refractivity contribution < 1.29 is 4.74 Å². The van der Waals surface area contributed by atoms with Crippen LogP contribution in [-0.4, -0.2) is 51.3 Å². The fourth-order valence-electron chi connectivity index (χ4n) is 2.45. The smallest absolute Gasteiger partial charge is 0.0628 e. The molecule has 1 N–H and O–H groups in total. The van der Waals surface area contributed by atoms with Crippen LogP contribution in [0.25, 0.3) is 0 Å². The van der Waals surface area contributed by atoms with Crippen LogP contribution in [0.15, 0.2) is 0 Å². The second kappa shape index (κ2) is 7.20. The van der Waals surface area contributed by atoms with Gasteiger partial charge in [0.05, 0.1) is 6.61 Å². The van der Waals surface area contributed by atoms with Crippen molar-refractivity contribution in [1.82, 2.24) is 10.2 Å². The van der Waals surface area contributed by atoms with Crippen molar-refractivity contribution in [2.75, 3.05) is 34.4 Å². The number of hydrogen-bond acceptors (Lipinski definition) is 3. The van der Waals surface area contributed by atoms with Crippen molar-refractivity contribution in [3.8, 4) is 0 Å². The lowest BCUT2D eigenvalue weighted by atomic mass is 9.94. The molecule has 90 valence electrons. The molecule has 1 aliphatic carbocycles. The maximum atomic E-state index is 5.19. The number of nitrogens with one attached hydrogen (secondary N) is 1. The molecule has 15 heavy (non-hydrogen) atoms. The minimum absolute atomic E-state index is 0.460. The molecule has 0 spiro atoms. The standard InChI is InChI=1S/C12H26N2O/c1-13-11(10-15-3)9-14(2)12-7-5-4-6-8-12/h11-13H,4-10H2,1-3H3. The molecule has 0 aromatic heterocycles. The molecule has 1 fully saturated rings. The molecule has 1 aliphatic rings. The van der Waals surface area contributed by atoms with Gasteiger partial charge in [-0.05, 0) is 26.9 Å². The van der Waals surface area contributed by atoms with Gasteiger partial charge in [0.1, 0.15) is 0 Å². The SMILES string of the molecule is CNC(COC)CN(C)C1CCCCC1. The van der Waals surface area contributed by atoms with Crippen LogP contribution in [0, 0.1) is 0 Å². The van der Waals surface area contributed by atoms with E-state index in [4.69, 9.17) is 4.74 Å². The lowest BCUT2D eigenvalue weighted by molar-refractivity contribution is 0.123. The van der Waals surface area contributed by atoms with E-state index in [0.717, 1.165) is 19.2 Å². The van der Waals surface area contributed by atoms with Gasteiger partial charge in [-0.25, -0.2) is 0 Å². The first kappa shape index (κ1) is 12.9. The molecule has 3 nitrogen and oxygen atoms in total. The van der Waals surface area contributed by atoms with E-state index in [0.29, 0.717) is 6.04 Å². The summed E-state index contributed by atoms with van der Waals surface area (Å²) in [4.78, 5) is 2.50. The third-order valence-electron chi connectivity index (χ3n) is 3.48. The van der Waals surface area contributed by atoms with Crippen LogP contribution in [0.5, 0.6) is 0 Å². The van der Waals surface area contributed by atoms with Crippen molar-refractivity contribution >= 4 is 0 Å². The quantitative estimate of drug-likeness (QED) is 0.725. The first-order valence-corrected chi connectivity index (χ1v) is 6.14. The summed E-state index contributed by atoms with van der Waals surface area (Å²) in [7, 11) is 6.03. The number of hydrogen-bond donors (Lipinski definition) is 1. The number of nitrogens with zero attached hydrogens (tertiary/aromatic N) is 1. The highest BCUT2D eigenvalue weighted by Gasteiger charge is 2.19. The van der Waals surface area contributed by atoms with Gasteiger partial charge in [-0.1, -0.05) is 19.3 Å². The average molecular weight is 214 g/mol. The molecule has 0 amide bonds. The minimum Gasteiger partial charge on any atom is -0.383 e. The van der Waals surface area contributed by atoms with E-state index in [9.17, 15) is 0 Å². The first-order valence-electron chi connectivity index (χ1n) is 6.14. The number of rotatable bonds is 6. The summed E-state index contributed by atoms with van der Waals surface area (Å²) < 4.78 is 5.19. The number of ether oxygens (including phenoxy) is 1. The maximum absolute atomic E-state index is 5.19. The topological polar surface area (TPSA) is 24.5 Å².